The number of rotatable bonds is 3. The van der Waals surface area contributed by atoms with E-state index in [4.69, 9.17) is 4.42 Å². The Balaban J connectivity index is 1.16. The van der Waals surface area contributed by atoms with Crippen molar-refractivity contribution in [3.8, 4) is 33.4 Å². The molecule has 51 heavy (non-hydrogen) atoms. The van der Waals surface area contributed by atoms with E-state index in [1.54, 1.807) is 0 Å². The molecule has 0 aliphatic rings. The van der Waals surface area contributed by atoms with Crippen LogP contribution in [0.3, 0.4) is 0 Å². The van der Waals surface area contributed by atoms with Crippen molar-refractivity contribution in [1.29, 1.82) is 0 Å². The Bertz CT molecular complexity index is 3160. The summed E-state index contributed by atoms with van der Waals surface area (Å²) in [4.78, 5) is 0. The number of fused-ring (bicyclic) bond motifs is 3. The molecule has 11 aromatic carbocycles. The Morgan fingerprint density at radius 2 is 0.706 bits per heavy atom. The highest BCUT2D eigenvalue weighted by molar-refractivity contribution is 6.27. The summed E-state index contributed by atoms with van der Waals surface area (Å²) in [6.45, 7) is 0. The minimum Gasteiger partial charge on any atom is -0.456 e. The van der Waals surface area contributed by atoms with E-state index >= 15 is 0 Å². The number of para-hydroxylation sites is 1. The second-order valence-electron chi connectivity index (χ2n) is 14.0. The van der Waals surface area contributed by atoms with E-state index in [2.05, 4.69) is 164 Å². The zero-order valence-electron chi connectivity index (χ0n) is 27.6. The lowest BCUT2D eigenvalue weighted by Crippen LogP contribution is -1.91. The number of hydrogen-bond acceptors (Lipinski definition) is 1. The van der Waals surface area contributed by atoms with Crippen molar-refractivity contribution >= 4 is 86.6 Å². The van der Waals surface area contributed by atoms with Crippen molar-refractivity contribution in [2.24, 2.45) is 0 Å². The summed E-state index contributed by atoms with van der Waals surface area (Å²) < 4.78 is 6.39. The molecule has 0 radical (unpaired) electrons. The first-order chi connectivity index (χ1) is 25.2. The molecular weight excluding hydrogens is 617 g/mol. The molecule has 1 nitrogen and oxygen atoms in total. The third-order valence-corrected chi connectivity index (χ3v) is 11.3. The predicted molar refractivity (Wildman–Crippen MR) is 217 cm³/mol. The highest BCUT2D eigenvalue weighted by Gasteiger charge is 2.17. The van der Waals surface area contributed by atoms with Gasteiger partial charge >= 0.3 is 0 Å². The lowest BCUT2D eigenvalue weighted by molar-refractivity contribution is 0.669. The van der Waals surface area contributed by atoms with E-state index in [1.165, 1.54) is 92.5 Å². The molecule has 0 amide bonds. The molecule has 0 saturated carbocycles. The quantitative estimate of drug-likeness (QED) is 0.174. The maximum Gasteiger partial charge on any atom is 0.136 e. The van der Waals surface area contributed by atoms with Crippen molar-refractivity contribution in [2.45, 2.75) is 0 Å². The smallest absolute Gasteiger partial charge is 0.136 e. The SMILES string of the molecule is c1cc2ccc3ccc(-c4cc(-c5ccc6c(c5)oc5ccccc56)cc(-c5ccc6ccc7cccc8ccc5c6c78)c4)c4ccc(c1)c2c34. The van der Waals surface area contributed by atoms with Gasteiger partial charge in [-0.1, -0.05) is 133 Å². The molecule has 0 atom stereocenters. The second-order valence-corrected chi connectivity index (χ2v) is 14.0. The van der Waals surface area contributed by atoms with Crippen LogP contribution in [-0.4, -0.2) is 0 Å². The number of benzene rings is 11. The molecule has 1 heterocycles. The molecule has 0 fully saturated rings. The molecule has 0 aliphatic heterocycles. The fourth-order valence-corrected chi connectivity index (χ4v) is 8.98. The van der Waals surface area contributed by atoms with Crippen LogP contribution >= 0.6 is 0 Å². The van der Waals surface area contributed by atoms with Gasteiger partial charge in [0.2, 0.25) is 0 Å². The van der Waals surface area contributed by atoms with Crippen molar-refractivity contribution in [3.05, 3.63) is 170 Å². The average Bonchev–Trinajstić information content (AvgIpc) is 3.57. The van der Waals surface area contributed by atoms with Crippen LogP contribution in [0.15, 0.2) is 174 Å². The van der Waals surface area contributed by atoms with E-state index in [-0.39, 0.29) is 0 Å². The van der Waals surface area contributed by atoms with Gasteiger partial charge in [-0.2, -0.15) is 0 Å². The summed E-state index contributed by atoms with van der Waals surface area (Å²) in [5.41, 5.74) is 9.03. The summed E-state index contributed by atoms with van der Waals surface area (Å²) >= 11 is 0. The summed E-state index contributed by atoms with van der Waals surface area (Å²) in [6.07, 6.45) is 0. The van der Waals surface area contributed by atoms with E-state index in [0.717, 1.165) is 27.5 Å². The van der Waals surface area contributed by atoms with Crippen LogP contribution in [0.2, 0.25) is 0 Å². The number of furan rings is 1. The first kappa shape index (κ1) is 27.2. The average molecular weight is 645 g/mol. The highest BCUT2D eigenvalue weighted by Crippen LogP contribution is 2.44. The molecule has 0 N–H and O–H groups in total. The molecule has 0 unspecified atom stereocenters. The lowest BCUT2D eigenvalue weighted by atomic mass is 9.86. The Hall–Kier alpha value is -6.70. The highest BCUT2D eigenvalue weighted by atomic mass is 16.3. The third-order valence-electron chi connectivity index (χ3n) is 11.3. The fourth-order valence-electron chi connectivity index (χ4n) is 8.98. The second kappa shape index (κ2) is 9.94. The Morgan fingerprint density at radius 1 is 0.255 bits per heavy atom. The normalized spacial score (nSPS) is 12.3. The van der Waals surface area contributed by atoms with Crippen molar-refractivity contribution < 1.29 is 4.42 Å². The van der Waals surface area contributed by atoms with Crippen LogP contribution in [0.1, 0.15) is 0 Å². The van der Waals surface area contributed by atoms with Gasteiger partial charge in [0.1, 0.15) is 11.2 Å². The monoisotopic (exact) mass is 644 g/mol. The Labute approximate surface area is 293 Å². The molecule has 0 saturated heterocycles. The Morgan fingerprint density at radius 3 is 1.29 bits per heavy atom. The van der Waals surface area contributed by atoms with Gasteiger partial charge in [-0.05, 0) is 134 Å². The summed E-state index contributed by atoms with van der Waals surface area (Å²) in [7, 11) is 0. The van der Waals surface area contributed by atoms with E-state index in [1.807, 2.05) is 6.07 Å². The number of hydrogen-bond donors (Lipinski definition) is 0. The molecule has 12 aromatic rings. The van der Waals surface area contributed by atoms with Gasteiger partial charge in [-0.25, -0.2) is 0 Å². The first-order valence-corrected chi connectivity index (χ1v) is 17.7. The Kier molecular flexibility index (Phi) is 5.29. The lowest BCUT2D eigenvalue weighted by Gasteiger charge is -2.18. The van der Waals surface area contributed by atoms with Crippen molar-refractivity contribution in [2.75, 3.05) is 0 Å². The summed E-state index contributed by atoms with van der Waals surface area (Å²) in [5, 5.41) is 17.9. The zero-order chi connectivity index (χ0) is 33.2. The maximum absolute atomic E-state index is 6.39. The fraction of sp³-hybridized carbons (Fsp3) is 0. The van der Waals surface area contributed by atoms with Gasteiger partial charge in [0.25, 0.3) is 0 Å². The van der Waals surface area contributed by atoms with Crippen molar-refractivity contribution in [1.82, 2.24) is 0 Å². The molecule has 0 bridgehead atoms. The van der Waals surface area contributed by atoms with Crippen LogP contribution in [0, 0.1) is 0 Å². The van der Waals surface area contributed by atoms with Crippen LogP contribution in [-0.2, 0) is 0 Å². The molecule has 234 valence electrons. The van der Waals surface area contributed by atoms with Gasteiger partial charge < -0.3 is 4.42 Å². The van der Waals surface area contributed by atoms with Crippen LogP contribution in [0.5, 0.6) is 0 Å². The first-order valence-electron chi connectivity index (χ1n) is 17.7. The summed E-state index contributed by atoms with van der Waals surface area (Å²) in [5.74, 6) is 0. The maximum atomic E-state index is 6.39. The minimum atomic E-state index is 0.908. The molecule has 0 aliphatic carbocycles. The largest absolute Gasteiger partial charge is 0.456 e. The third kappa shape index (κ3) is 3.81. The van der Waals surface area contributed by atoms with Crippen molar-refractivity contribution in [3.63, 3.8) is 0 Å². The van der Waals surface area contributed by atoms with Crippen LogP contribution in [0.4, 0.5) is 0 Å². The minimum absolute atomic E-state index is 0.908. The zero-order valence-corrected chi connectivity index (χ0v) is 27.6. The predicted octanol–water partition coefficient (Wildman–Crippen LogP) is 14.4. The van der Waals surface area contributed by atoms with E-state index < -0.39 is 0 Å². The topological polar surface area (TPSA) is 13.1 Å². The van der Waals surface area contributed by atoms with Crippen LogP contribution in [0.25, 0.3) is 120 Å². The molecular formula is C50H28O. The van der Waals surface area contributed by atoms with E-state index in [0.29, 0.717) is 0 Å². The van der Waals surface area contributed by atoms with Crippen LogP contribution < -0.4 is 0 Å². The van der Waals surface area contributed by atoms with Gasteiger partial charge in [0.15, 0.2) is 0 Å². The standard InChI is InChI=1S/C50H28O/c1-2-10-45-41(9-1)42-22-19-35(28-46(42)51-45)36-25-37(39-20-15-33-13-11-29-5-3-7-31-17-23-43(39)49(33)47(29)31)27-38(26-36)40-21-16-34-14-12-30-6-4-8-32-18-24-44(40)50(34)48(30)32/h1-28H. The molecule has 1 aromatic heterocycles. The molecule has 0 spiro atoms. The van der Waals surface area contributed by atoms with Gasteiger partial charge in [0, 0.05) is 10.8 Å². The molecule has 12 rings (SSSR count). The van der Waals surface area contributed by atoms with Gasteiger partial charge in [0.05, 0.1) is 0 Å². The molecule has 1 heteroatoms. The summed E-state index contributed by atoms with van der Waals surface area (Å²) in [6, 6.07) is 62.9. The van der Waals surface area contributed by atoms with Gasteiger partial charge in [-0.15, -0.1) is 0 Å². The van der Waals surface area contributed by atoms with E-state index in [9.17, 15) is 0 Å². The van der Waals surface area contributed by atoms with Gasteiger partial charge in [-0.3, -0.25) is 0 Å².